The number of esters is 3. The number of halogens is 1. The highest BCUT2D eigenvalue weighted by atomic mass is 19.1. The van der Waals surface area contributed by atoms with Gasteiger partial charge in [-0.2, -0.15) is 0 Å². The van der Waals surface area contributed by atoms with Crippen LogP contribution in [0.5, 0.6) is 0 Å². The van der Waals surface area contributed by atoms with Gasteiger partial charge in [0, 0.05) is 6.42 Å². The van der Waals surface area contributed by atoms with Crippen LogP contribution < -0.4 is 5.32 Å². The van der Waals surface area contributed by atoms with Crippen LogP contribution in [0, 0.1) is 5.82 Å². The number of Topliss-reactive ketones (excluding diaryl/α,β-unsaturated/α-hetero) is 1. The van der Waals surface area contributed by atoms with Gasteiger partial charge in [-0.05, 0) is 31.2 Å². The minimum absolute atomic E-state index is 0.0752. The summed E-state index contributed by atoms with van der Waals surface area (Å²) in [6.45, 7) is 0. The molecule has 29 heavy (non-hydrogen) atoms. The molecule has 2 heterocycles. The molecule has 2 N–H and O–H groups in total. The smallest absolute Gasteiger partial charge is 0.342 e. The molecule has 1 saturated carbocycles. The number of likely N-dealkylation sites (N-methyl/N-ethyl adjacent to an activating group) is 1. The molecule has 10 heteroatoms. The zero-order valence-electron chi connectivity index (χ0n) is 15.4. The molecule has 4 atom stereocenters. The third-order valence-corrected chi connectivity index (χ3v) is 5.69. The first-order chi connectivity index (χ1) is 13.7. The maximum atomic E-state index is 13.5. The molecule has 3 aliphatic rings. The minimum Gasteiger partial charge on any atom is -0.454 e. The van der Waals surface area contributed by atoms with Crippen molar-refractivity contribution in [1.82, 2.24) is 5.32 Å². The van der Waals surface area contributed by atoms with Gasteiger partial charge in [-0.1, -0.05) is 12.1 Å². The second-order valence-electron chi connectivity index (χ2n) is 7.36. The minimum atomic E-state index is -2.48. The number of carbonyl (C=O) groups excluding carboxylic acids is 4. The van der Waals surface area contributed by atoms with Crippen molar-refractivity contribution in [1.29, 1.82) is 0 Å². The number of hydrogen-bond donors (Lipinski definition) is 2. The van der Waals surface area contributed by atoms with Gasteiger partial charge >= 0.3 is 23.7 Å². The number of ether oxygens (including phenoxy) is 3. The lowest BCUT2D eigenvalue weighted by Crippen LogP contribution is -2.75. The summed E-state index contributed by atoms with van der Waals surface area (Å²) in [6.07, 6.45) is -3.12. The fourth-order valence-electron chi connectivity index (χ4n) is 4.36. The molecule has 154 valence electrons. The number of nitrogens with one attached hydrogen (secondary N) is 1. The quantitative estimate of drug-likeness (QED) is 0.643. The molecule has 4 rings (SSSR count). The molecule has 3 fully saturated rings. The molecule has 1 spiro atoms. The van der Waals surface area contributed by atoms with E-state index in [-0.39, 0.29) is 18.4 Å². The summed E-state index contributed by atoms with van der Waals surface area (Å²) in [5.41, 5.74) is -4.33. The molecule has 0 amide bonds. The van der Waals surface area contributed by atoms with Crippen LogP contribution in [0.2, 0.25) is 0 Å². The summed E-state index contributed by atoms with van der Waals surface area (Å²) in [6, 6.07) is 4.74. The second kappa shape index (κ2) is 6.33. The maximum Gasteiger partial charge on any atom is 0.342 e. The lowest BCUT2D eigenvalue weighted by molar-refractivity contribution is -0.301. The van der Waals surface area contributed by atoms with Crippen molar-refractivity contribution in [2.45, 2.75) is 48.7 Å². The number of fused-ring (bicyclic) bond motifs is 2. The number of benzene rings is 1. The summed E-state index contributed by atoms with van der Waals surface area (Å²) in [5.74, 6) is -6.77. The van der Waals surface area contributed by atoms with Crippen molar-refractivity contribution in [2.24, 2.45) is 0 Å². The lowest BCUT2D eigenvalue weighted by Gasteiger charge is -2.52. The van der Waals surface area contributed by atoms with Crippen molar-refractivity contribution < 1.29 is 42.9 Å². The summed E-state index contributed by atoms with van der Waals surface area (Å²) >= 11 is 0. The predicted octanol–water partition coefficient (Wildman–Crippen LogP) is -0.164. The van der Waals surface area contributed by atoms with Crippen LogP contribution in [-0.2, 0) is 38.9 Å². The Hall–Kier alpha value is -2.85. The van der Waals surface area contributed by atoms with Gasteiger partial charge in [0.25, 0.3) is 0 Å². The summed E-state index contributed by atoms with van der Waals surface area (Å²) in [4.78, 5) is 50.9. The normalized spacial score (nSPS) is 36.9. The largest absolute Gasteiger partial charge is 0.454 e. The Morgan fingerprint density at radius 3 is 2.38 bits per heavy atom. The third-order valence-electron chi connectivity index (χ3n) is 5.69. The Kier molecular flexibility index (Phi) is 4.25. The molecule has 9 nitrogen and oxygen atoms in total. The van der Waals surface area contributed by atoms with Crippen molar-refractivity contribution in [2.75, 3.05) is 7.05 Å². The first-order valence-corrected chi connectivity index (χ1v) is 9.02. The topological polar surface area (TPSA) is 128 Å². The molecule has 1 aliphatic carbocycles. The van der Waals surface area contributed by atoms with Gasteiger partial charge in [-0.3, -0.25) is 19.7 Å². The van der Waals surface area contributed by atoms with Gasteiger partial charge in [0.15, 0.2) is 23.0 Å². The predicted molar refractivity (Wildman–Crippen MR) is 90.4 cm³/mol. The Morgan fingerprint density at radius 2 is 1.72 bits per heavy atom. The first kappa shape index (κ1) is 19.5. The van der Waals surface area contributed by atoms with Crippen LogP contribution in [-0.4, -0.2) is 53.3 Å². The number of ketones is 1. The highest BCUT2D eigenvalue weighted by Gasteiger charge is 2.73. The molecular weight excluding hydrogens is 389 g/mol. The van der Waals surface area contributed by atoms with Crippen LogP contribution in [0.1, 0.15) is 31.2 Å². The Bertz CT molecular complexity index is 917. The zero-order valence-corrected chi connectivity index (χ0v) is 15.4. The van der Waals surface area contributed by atoms with E-state index in [9.17, 15) is 28.7 Å². The van der Waals surface area contributed by atoms with Crippen molar-refractivity contribution in [3.63, 3.8) is 0 Å². The molecule has 1 aromatic rings. The third kappa shape index (κ3) is 2.59. The van der Waals surface area contributed by atoms with Crippen LogP contribution in [0.4, 0.5) is 4.39 Å². The summed E-state index contributed by atoms with van der Waals surface area (Å²) in [5, 5.41) is 13.3. The van der Waals surface area contributed by atoms with Crippen molar-refractivity contribution >= 4 is 23.7 Å². The monoisotopic (exact) mass is 407 g/mol. The highest BCUT2D eigenvalue weighted by molar-refractivity contribution is 5.97. The Morgan fingerprint density at radius 1 is 1.07 bits per heavy atom. The number of aliphatic hydroxyl groups is 1. The number of rotatable bonds is 2. The van der Waals surface area contributed by atoms with Gasteiger partial charge in [-0.15, -0.1) is 0 Å². The fourth-order valence-corrected chi connectivity index (χ4v) is 4.36. The van der Waals surface area contributed by atoms with E-state index in [0.717, 1.165) is 12.1 Å². The Labute approximate surface area is 164 Å². The van der Waals surface area contributed by atoms with Crippen molar-refractivity contribution in [3.8, 4) is 0 Å². The van der Waals surface area contributed by atoms with E-state index < -0.39 is 65.4 Å². The zero-order chi connectivity index (χ0) is 21.0. The van der Waals surface area contributed by atoms with Gasteiger partial charge < -0.3 is 19.3 Å². The number of hydrogen-bond acceptors (Lipinski definition) is 9. The van der Waals surface area contributed by atoms with E-state index in [2.05, 4.69) is 5.32 Å². The fraction of sp³-hybridized carbons (Fsp3) is 0.474. The van der Waals surface area contributed by atoms with Crippen molar-refractivity contribution in [3.05, 3.63) is 35.6 Å². The molecule has 2 aliphatic heterocycles. The standard InChI is InChI=1S/C19H18FNO8/c1-21-18(10-2-4-11(20)5-3-10)12(22)6-7-13-19(18)28-15(24)9-17(26,16(25)29-19)8-14(23)27-13/h2-5,13,21,26H,6-9H2,1H3/t13?,17?,18-,19?/m1/s1. The summed E-state index contributed by atoms with van der Waals surface area (Å²) in [7, 11) is 1.37. The van der Waals surface area contributed by atoms with E-state index >= 15 is 0 Å². The molecule has 1 aromatic carbocycles. The van der Waals surface area contributed by atoms with E-state index in [1.807, 2.05) is 0 Å². The average molecular weight is 407 g/mol. The van der Waals surface area contributed by atoms with Gasteiger partial charge in [0.2, 0.25) is 0 Å². The molecule has 2 saturated heterocycles. The molecule has 0 radical (unpaired) electrons. The van der Waals surface area contributed by atoms with E-state index in [1.54, 1.807) is 0 Å². The molecular formula is C19H18FNO8. The number of carbonyl (C=O) groups is 4. The first-order valence-electron chi connectivity index (χ1n) is 9.02. The van der Waals surface area contributed by atoms with Gasteiger partial charge in [-0.25, -0.2) is 9.18 Å². The van der Waals surface area contributed by atoms with E-state index in [0.29, 0.717) is 0 Å². The van der Waals surface area contributed by atoms with Crippen LogP contribution in [0.15, 0.2) is 24.3 Å². The Balaban J connectivity index is 2.01. The van der Waals surface area contributed by atoms with E-state index in [4.69, 9.17) is 14.2 Å². The summed E-state index contributed by atoms with van der Waals surface area (Å²) < 4.78 is 29.9. The lowest BCUT2D eigenvalue weighted by atomic mass is 9.69. The van der Waals surface area contributed by atoms with Crippen LogP contribution >= 0.6 is 0 Å². The highest BCUT2D eigenvalue weighted by Crippen LogP contribution is 2.50. The van der Waals surface area contributed by atoms with Crippen LogP contribution in [0.3, 0.4) is 0 Å². The van der Waals surface area contributed by atoms with Gasteiger partial charge in [0.05, 0.1) is 12.8 Å². The molecule has 2 bridgehead atoms. The SMILES string of the molecule is CN[C@]1(c2ccc(F)cc2)C(=O)CCC2OC(=O)CC3(O)CC(=O)OC21OC3=O. The molecule has 0 aromatic heterocycles. The van der Waals surface area contributed by atoms with Crippen LogP contribution in [0.25, 0.3) is 0 Å². The maximum absolute atomic E-state index is 13.5. The van der Waals surface area contributed by atoms with E-state index in [1.165, 1.54) is 19.2 Å². The second-order valence-corrected chi connectivity index (χ2v) is 7.36. The van der Waals surface area contributed by atoms with Gasteiger partial charge in [0.1, 0.15) is 5.82 Å². The average Bonchev–Trinajstić information content (AvgIpc) is 2.71. The molecule has 3 unspecified atom stereocenters.